The maximum absolute atomic E-state index is 11.6. The lowest BCUT2D eigenvalue weighted by Gasteiger charge is -2.13. The molecule has 0 aliphatic rings. The Morgan fingerprint density at radius 3 is 2.38 bits per heavy atom. The Kier molecular flexibility index (Phi) is 3.14. The van der Waals surface area contributed by atoms with Crippen LogP contribution < -0.4 is 5.73 Å². The van der Waals surface area contributed by atoms with Gasteiger partial charge >= 0.3 is 0 Å². The van der Waals surface area contributed by atoms with Crippen molar-refractivity contribution in [2.75, 3.05) is 0 Å². The number of carbonyl (C=O) groups is 1. The zero-order chi connectivity index (χ0) is 9.84. The molecule has 0 bridgehead atoms. The number of ketones is 1. The zero-order valence-corrected chi connectivity index (χ0v) is 7.90. The van der Waals surface area contributed by atoms with E-state index >= 15 is 0 Å². The van der Waals surface area contributed by atoms with Gasteiger partial charge in [-0.05, 0) is 18.1 Å². The van der Waals surface area contributed by atoms with E-state index in [0.717, 1.165) is 0 Å². The van der Waals surface area contributed by atoms with Gasteiger partial charge in [0.2, 0.25) is 0 Å². The maximum Gasteiger partial charge on any atom is 0.179 e. The van der Waals surface area contributed by atoms with Gasteiger partial charge < -0.3 is 5.73 Å². The number of rotatable bonds is 3. The second-order valence-electron chi connectivity index (χ2n) is 3.37. The Hall–Kier alpha value is -1.22. The van der Waals surface area contributed by atoms with Crippen molar-refractivity contribution in [3.63, 3.8) is 0 Å². The van der Waals surface area contributed by atoms with Gasteiger partial charge in [0.05, 0.1) is 6.04 Å². The van der Waals surface area contributed by atoms with Crippen LogP contribution in [0.1, 0.15) is 24.2 Å². The molecule has 0 saturated heterocycles. The van der Waals surface area contributed by atoms with Crippen LogP contribution in [0, 0.1) is 5.92 Å². The summed E-state index contributed by atoms with van der Waals surface area (Å²) >= 11 is 0. The van der Waals surface area contributed by atoms with Gasteiger partial charge in [0.1, 0.15) is 0 Å². The third kappa shape index (κ3) is 2.36. The second-order valence-corrected chi connectivity index (χ2v) is 3.37. The van der Waals surface area contributed by atoms with Gasteiger partial charge in [-0.3, -0.25) is 9.78 Å². The van der Waals surface area contributed by atoms with Crippen molar-refractivity contribution >= 4 is 5.78 Å². The predicted molar refractivity (Wildman–Crippen MR) is 51.4 cm³/mol. The number of nitrogens with zero attached hydrogens (tertiary/aromatic N) is 1. The van der Waals surface area contributed by atoms with Gasteiger partial charge in [-0.25, -0.2) is 0 Å². The van der Waals surface area contributed by atoms with E-state index in [4.69, 9.17) is 5.73 Å². The lowest BCUT2D eigenvalue weighted by atomic mass is 9.97. The summed E-state index contributed by atoms with van der Waals surface area (Å²) in [6.07, 6.45) is 3.20. The Balaban J connectivity index is 2.80. The maximum atomic E-state index is 11.6. The molecule has 0 radical (unpaired) electrons. The lowest BCUT2D eigenvalue weighted by molar-refractivity contribution is 0.0940. The molecule has 1 atom stereocenters. The summed E-state index contributed by atoms with van der Waals surface area (Å²) in [6.45, 7) is 3.87. The number of nitrogens with two attached hydrogens (primary N) is 1. The van der Waals surface area contributed by atoms with E-state index in [-0.39, 0.29) is 11.7 Å². The first-order valence-electron chi connectivity index (χ1n) is 4.32. The fourth-order valence-electron chi connectivity index (χ4n) is 1.01. The van der Waals surface area contributed by atoms with Crippen molar-refractivity contribution < 1.29 is 4.79 Å². The summed E-state index contributed by atoms with van der Waals surface area (Å²) in [5.41, 5.74) is 6.36. The summed E-state index contributed by atoms with van der Waals surface area (Å²) < 4.78 is 0. The Morgan fingerprint density at radius 2 is 1.92 bits per heavy atom. The highest BCUT2D eigenvalue weighted by molar-refractivity contribution is 5.99. The third-order valence-corrected chi connectivity index (χ3v) is 1.99. The number of aromatic nitrogens is 1. The molecule has 0 fully saturated rings. The van der Waals surface area contributed by atoms with Gasteiger partial charge in [-0.2, -0.15) is 0 Å². The van der Waals surface area contributed by atoms with Crippen molar-refractivity contribution in [3.05, 3.63) is 30.1 Å². The number of Topliss-reactive ketones (excluding diaryl/α,β-unsaturated/α-hetero) is 1. The molecule has 3 nitrogen and oxygen atoms in total. The second kappa shape index (κ2) is 4.14. The van der Waals surface area contributed by atoms with E-state index in [0.29, 0.717) is 5.56 Å². The van der Waals surface area contributed by atoms with Gasteiger partial charge in [-0.1, -0.05) is 13.8 Å². The number of carbonyl (C=O) groups excluding carboxylic acids is 1. The minimum Gasteiger partial charge on any atom is -0.321 e. The molecular formula is C10H14N2O. The highest BCUT2D eigenvalue weighted by Gasteiger charge is 2.18. The van der Waals surface area contributed by atoms with E-state index in [1.807, 2.05) is 13.8 Å². The fourth-order valence-corrected chi connectivity index (χ4v) is 1.01. The number of pyridine rings is 1. The average molecular weight is 178 g/mol. The van der Waals surface area contributed by atoms with E-state index < -0.39 is 6.04 Å². The quantitative estimate of drug-likeness (QED) is 0.708. The van der Waals surface area contributed by atoms with Crippen LogP contribution >= 0.6 is 0 Å². The molecule has 1 aromatic heterocycles. The van der Waals surface area contributed by atoms with Gasteiger partial charge in [0, 0.05) is 18.0 Å². The topological polar surface area (TPSA) is 56.0 Å². The predicted octanol–water partition coefficient (Wildman–Crippen LogP) is 1.25. The van der Waals surface area contributed by atoms with Crippen LogP contribution in [-0.4, -0.2) is 16.8 Å². The summed E-state index contributed by atoms with van der Waals surface area (Å²) in [4.78, 5) is 15.5. The molecule has 1 heterocycles. The highest BCUT2D eigenvalue weighted by Crippen LogP contribution is 2.07. The molecule has 0 spiro atoms. The summed E-state index contributed by atoms with van der Waals surface area (Å²) in [5.74, 6) is 0.151. The summed E-state index contributed by atoms with van der Waals surface area (Å²) in [6, 6.07) is 2.96. The van der Waals surface area contributed by atoms with Gasteiger partial charge in [-0.15, -0.1) is 0 Å². The molecule has 0 aromatic carbocycles. The molecule has 0 aliphatic heterocycles. The van der Waals surface area contributed by atoms with E-state index in [9.17, 15) is 4.79 Å². The fraction of sp³-hybridized carbons (Fsp3) is 0.400. The van der Waals surface area contributed by atoms with E-state index in [1.165, 1.54) is 0 Å². The van der Waals surface area contributed by atoms with Crippen LogP contribution in [-0.2, 0) is 0 Å². The first kappa shape index (κ1) is 9.86. The molecule has 13 heavy (non-hydrogen) atoms. The zero-order valence-electron chi connectivity index (χ0n) is 7.90. The van der Waals surface area contributed by atoms with Crippen LogP contribution in [0.2, 0.25) is 0 Å². The Bertz CT molecular complexity index is 282. The molecule has 0 unspecified atom stereocenters. The van der Waals surface area contributed by atoms with Crippen molar-refractivity contribution in [1.29, 1.82) is 0 Å². The Morgan fingerprint density at radius 1 is 1.38 bits per heavy atom. The first-order chi connectivity index (χ1) is 6.13. The van der Waals surface area contributed by atoms with Gasteiger partial charge in [0.15, 0.2) is 5.78 Å². The minimum atomic E-state index is -0.414. The van der Waals surface area contributed by atoms with E-state index in [2.05, 4.69) is 4.98 Å². The Labute approximate surface area is 78.0 Å². The highest BCUT2D eigenvalue weighted by atomic mass is 16.1. The average Bonchev–Trinajstić information content (AvgIpc) is 2.17. The minimum absolute atomic E-state index is 0.0163. The third-order valence-electron chi connectivity index (χ3n) is 1.99. The molecule has 0 saturated carbocycles. The van der Waals surface area contributed by atoms with Crippen molar-refractivity contribution in [2.45, 2.75) is 19.9 Å². The number of hydrogen-bond acceptors (Lipinski definition) is 3. The normalized spacial score (nSPS) is 12.9. The molecule has 1 aromatic rings. The van der Waals surface area contributed by atoms with Crippen LogP contribution in [0.25, 0.3) is 0 Å². The lowest BCUT2D eigenvalue weighted by Crippen LogP contribution is -2.35. The van der Waals surface area contributed by atoms with Crippen LogP contribution in [0.5, 0.6) is 0 Å². The summed E-state index contributed by atoms with van der Waals surface area (Å²) in [7, 11) is 0. The monoisotopic (exact) mass is 178 g/mol. The van der Waals surface area contributed by atoms with Crippen LogP contribution in [0.3, 0.4) is 0 Å². The van der Waals surface area contributed by atoms with Crippen molar-refractivity contribution in [1.82, 2.24) is 4.98 Å². The van der Waals surface area contributed by atoms with Crippen molar-refractivity contribution in [3.8, 4) is 0 Å². The molecule has 3 heteroatoms. The van der Waals surface area contributed by atoms with E-state index in [1.54, 1.807) is 24.5 Å². The van der Waals surface area contributed by atoms with Crippen molar-refractivity contribution in [2.24, 2.45) is 11.7 Å². The standard InChI is InChI=1S/C10H14N2O/c1-7(2)9(11)10(13)8-3-5-12-6-4-8/h3-7,9H,11H2,1-2H3/t9-/m0/s1. The van der Waals surface area contributed by atoms with Crippen LogP contribution in [0.4, 0.5) is 0 Å². The number of hydrogen-bond donors (Lipinski definition) is 1. The molecule has 2 N–H and O–H groups in total. The first-order valence-corrected chi connectivity index (χ1v) is 4.32. The largest absolute Gasteiger partial charge is 0.321 e. The smallest absolute Gasteiger partial charge is 0.179 e. The molecular weight excluding hydrogens is 164 g/mol. The van der Waals surface area contributed by atoms with Crippen LogP contribution in [0.15, 0.2) is 24.5 Å². The molecule has 70 valence electrons. The SMILES string of the molecule is CC(C)[C@H](N)C(=O)c1ccncc1. The van der Waals surface area contributed by atoms with Gasteiger partial charge in [0.25, 0.3) is 0 Å². The molecule has 0 amide bonds. The molecule has 0 aliphatic carbocycles. The summed E-state index contributed by atoms with van der Waals surface area (Å²) in [5, 5.41) is 0. The molecule has 1 rings (SSSR count).